The van der Waals surface area contributed by atoms with Gasteiger partial charge in [-0.1, -0.05) is 6.92 Å². The molecule has 3 heterocycles. The summed E-state index contributed by atoms with van der Waals surface area (Å²) >= 11 is 0. The van der Waals surface area contributed by atoms with Crippen LogP contribution < -0.4 is 14.8 Å². The Labute approximate surface area is 182 Å². The molecule has 0 spiro atoms. The van der Waals surface area contributed by atoms with E-state index >= 15 is 0 Å². The summed E-state index contributed by atoms with van der Waals surface area (Å²) in [4.78, 5) is 23.9. The van der Waals surface area contributed by atoms with Crippen LogP contribution in [0.1, 0.15) is 32.6 Å². The van der Waals surface area contributed by atoms with E-state index in [2.05, 4.69) is 16.9 Å². The molecule has 2 aliphatic heterocycles. The molecule has 31 heavy (non-hydrogen) atoms. The SMILES string of the molecule is CC1(C2CC(COc3cnc(N4CCN(S(N)(=O)=O)CC4)cn3)CCN2C(=O)O)CC1. The van der Waals surface area contributed by atoms with Crippen molar-refractivity contribution in [1.29, 1.82) is 0 Å². The first-order chi connectivity index (χ1) is 14.7. The fraction of sp³-hybridized carbons (Fsp3) is 0.737. The largest absolute Gasteiger partial charge is 0.476 e. The number of hydrogen-bond donors (Lipinski definition) is 2. The molecule has 1 aromatic rings. The quantitative estimate of drug-likeness (QED) is 0.641. The third-order valence-corrected chi connectivity index (χ3v) is 7.89. The van der Waals surface area contributed by atoms with Gasteiger partial charge in [0.1, 0.15) is 5.82 Å². The van der Waals surface area contributed by atoms with E-state index in [1.54, 1.807) is 17.3 Å². The molecule has 2 unspecified atom stereocenters. The minimum Gasteiger partial charge on any atom is -0.476 e. The lowest BCUT2D eigenvalue weighted by molar-refractivity contribution is 0.0483. The number of carbonyl (C=O) groups is 1. The molecule has 11 nitrogen and oxygen atoms in total. The number of carboxylic acid groups (broad SMARTS) is 1. The molecule has 1 aliphatic carbocycles. The van der Waals surface area contributed by atoms with Gasteiger partial charge in [-0.25, -0.2) is 19.9 Å². The normalized spacial score (nSPS) is 26.5. The molecule has 3 aliphatic rings. The van der Waals surface area contributed by atoms with Crippen LogP contribution >= 0.6 is 0 Å². The van der Waals surface area contributed by atoms with Crippen molar-refractivity contribution in [2.75, 3.05) is 44.2 Å². The molecule has 0 radical (unpaired) electrons. The molecule has 1 amide bonds. The minimum atomic E-state index is -3.66. The van der Waals surface area contributed by atoms with E-state index in [1.165, 1.54) is 4.31 Å². The van der Waals surface area contributed by atoms with Gasteiger partial charge in [0.25, 0.3) is 10.2 Å². The van der Waals surface area contributed by atoms with Crippen LogP contribution in [0.2, 0.25) is 0 Å². The first-order valence-corrected chi connectivity index (χ1v) is 12.1. The van der Waals surface area contributed by atoms with Crippen LogP contribution in [0.4, 0.5) is 10.6 Å². The van der Waals surface area contributed by atoms with E-state index in [9.17, 15) is 18.3 Å². The van der Waals surface area contributed by atoms with Gasteiger partial charge in [0.2, 0.25) is 5.88 Å². The van der Waals surface area contributed by atoms with E-state index in [0.717, 1.165) is 25.7 Å². The number of nitrogens with two attached hydrogens (primary N) is 1. The van der Waals surface area contributed by atoms with E-state index in [4.69, 9.17) is 9.88 Å². The highest BCUT2D eigenvalue weighted by Gasteiger charge is 2.50. The number of anilines is 1. The lowest BCUT2D eigenvalue weighted by atomic mass is 9.83. The zero-order valence-corrected chi connectivity index (χ0v) is 18.5. The van der Waals surface area contributed by atoms with E-state index < -0.39 is 16.3 Å². The predicted octanol–water partition coefficient (Wildman–Crippen LogP) is 0.740. The summed E-state index contributed by atoms with van der Waals surface area (Å²) < 4.78 is 29.9. The van der Waals surface area contributed by atoms with Gasteiger partial charge in [-0.3, -0.25) is 0 Å². The van der Waals surface area contributed by atoms with Crippen LogP contribution in [0.5, 0.6) is 5.88 Å². The van der Waals surface area contributed by atoms with Crippen LogP contribution in [0, 0.1) is 11.3 Å². The molecule has 1 saturated carbocycles. The third kappa shape index (κ3) is 5.01. The Morgan fingerprint density at radius 2 is 1.94 bits per heavy atom. The average molecular weight is 455 g/mol. The van der Waals surface area contributed by atoms with E-state index in [-0.39, 0.29) is 17.4 Å². The monoisotopic (exact) mass is 454 g/mol. The summed E-state index contributed by atoms with van der Waals surface area (Å²) in [5.74, 6) is 1.38. The van der Waals surface area contributed by atoms with Gasteiger partial charge < -0.3 is 19.6 Å². The maximum absolute atomic E-state index is 11.6. The van der Waals surface area contributed by atoms with Crippen LogP contribution in [-0.2, 0) is 10.2 Å². The van der Waals surface area contributed by atoms with Gasteiger partial charge >= 0.3 is 6.09 Å². The van der Waals surface area contributed by atoms with Crippen LogP contribution in [0.25, 0.3) is 0 Å². The number of piperazine rings is 1. The van der Waals surface area contributed by atoms with E-state index in [0.29, 0.717) is 51.0 Å². The van der Waals surface area contributed by atoms with Gasteiger partial charge in [-0.05, 0) is 37.0 Å². The molecule has 2 saturated heterocycles. The number of nitrogens with zero attached hydrogens (tertiary/aromatic N) is 5. The molecule has 3 fully saturated rings. The second-order valence-corrected chi connectivity index (χ2v) is 10.5. The van der Waals surface area contributed by atoms with Crippen LogP contribution in [0.15, 0.2) is 12.4 Å². The fourth-order valence-electron chi connectivity index (χ4n) is 4.53. The summed E-state index contributed by atoms with van der Waals surface area (Å²) in [6.45, 7) is 4.81. The van der Waals surface area contributed by atoms with Gasteiger partial charge in [-0.2, -0.15) is 12.7 Å². The van der Waals surface area contributed by atoms with Gasteiger partial charge in [0.15, 0.2) is 0 Å². The summed E-state index contributed by atoms with van der Waals surface area (Å²) in [5.41, 5.74) is 0.103. The second-order valence-electron chi connectivity index (χ2n) is 8.99. The Balaban J connectivity index is 1.29. The molecule has 4 rings (SSSR count). The third-order valence-electron chi connectivity index (χ3n) is 6.80. The zero-order valence-electron chi connectivity index (χ0n) is 17.7. The number of likely N-dealkylation sites (tertiary alicyclic amines) is 1. The molecule has 12 heteroatoms. The van der Waals surface area contributed by atoms with Crippen molar-refractivity contribution in [2.45, 2.75) is 38.6 Å². The van der Waals surface area contributed by atoms with Gasteiger partial charge in [0, 0.05) is 38.8 Å². The standard InChI is InChI=1S/C19H30N6O5S/c1-19(3-4-19)15-10-14(2-5-25(15)18(26)27)13-30-17-12-21-16(11-22-17)23-6-8-24(9-7-23)31(20,28)29/h11-12,14-15H,2-10,13H2,1H3,(H,26,27)(H2,20,28,29). The number of amides is 1. The minimum absolute atomic E-state index is 0.0526. The van der Waals surface area contributed by atoms with Gasteiger partial charge in [-0.15, -0.1) is 0 Å². The van der Waals surface area contributed by atoms with Crippen molar-refractivity contribution in [2.24, 2.45) is 16.5 Å². The summed E-state index contributed by atoms with van der Waals surface area (Å²) in [6.07, 6.45) is 6.11. The number of hydrogen-bond acceptors (Lipinski definition) is 7. The molecule has 172 valence electrons. The predicted molar refractivity (Wildman–Crippen MR) is 113 cm³/mol. The summed E-state index contributed by atoms with van der Waals surface area (Å²) in [7, 11) is -3.66. The number of aromatic nitrogens is 2. The average Bonchev–Trinajstić information content (AvgIpc) is 3.50. The van der Waals surface area contributed by atoms with Crippen molar-refractivity contribution >= 4 is 22.1 Å². The van der Waals surface area contributed by atoms with Crippen molar-refractivity contribution < 1.29 is 23.1 Å². The molecule has 0 bridgehead atoms. The highest BCUT2D eigenvalue weighted by molar-refractivity contribution is 7.86. The van der Waals surface area contributed by atoms with E-state index in [1.807, 2.05) is 4.90 Å². The smallest absolute Gasteiger partial charge is 0.407 e. The maximum Gasteiger partial charge on any atom is 0.407 e. The van der Waals surface area contributed by atoms with Crippen molar-refractivity contribution in [3.05, 3.63) is 12.4 Å². The maximum atomic E-state index is 11.6. The summed E-state index contributed by atoms with van der Waals surface area (Å²) in [6, 6.07) is 0.0526. The topological polar surface area (TPSA) is 142 Å². The number of piperidine rings is 1. The Kier molecular flexibility index (Phi) is 5.97. The van der Waals surface area contributed by atoms with Crippen LogP contribution in [0.3, 0.4) is 0 Å². The highest BCUT2D eigenvalue weighted by Crippen LogP contribution is 2.53. The fourth-order valence-corrected chi connectivity index (χ4v) is 5.20. The summed E-state index contributed by atoms with van der Waals surface area (Å²) in [5, 5.41) is 14.7. The Hall–Kier alpha value is -2.18. The van der Waals surface area contributed by atoms with Crippen LogP contribution in [-0.4, -0.2) is 84.2 Å². The molecule has 1 aromatic heterocycles. The Morgan fingerprint density at radius 3 is 2.48 bits per heavy atom. The lowest BCUT2D eigenvalue weighted by Crippen LogP contribution is -2.50. The van der Waals surface area contributed by atoms with Crippen molar-refractivity contribution in [3.63, 3.8) is 0 Å². The Morgan fingerprint density at radius 1 is 1.23 bits per heavy atom. The molecular formula is C19H30N6O5S. The first-order valence-electron chi connectivity index (χ1n) is 10.6. The molecule has 0 aromatic carbocycles. The van der Waals surface area contributed by atoms with Crippen molar-refractivity contribution in [3.8, 4) is 5.88 Å². The number of ether oxygens (including phenoxy) is 1. The lowest BCUT2D eigenvalue weighted by Gasteiger charge is -2.41. The molecular weight excluding hydrogens is 424 g/mol. The highest BCUT2D eigenvalue weighted by atomic mass is 32.2. The molecule has 2 atom stereocenters. The zero-order chi connectivity index (χ0) is 22.2. The first kappa shape index (κ1) is 22.0. The Bertz CT molecular complexity index is 899. The molecule has 3 N–H and O–H groups in total. The van der Waals surface area contributed by atoms with Gasteiger partial charge in [0.05, 0.1) is 19.0 Å². The van der Waals surface area contributed by atoms with Crippen molar-refractivity contribution in [1.82, 2.24) is 19.2 Å². The number of rotatable bonds is 6. The second kappa shape index (κ2) is 8.40.